The molecule has 3 nitrogen and oxygen atoms in total. The molecule has 114 valence electrons. The van der Waals surface area contributed by atoms with Crippen LogP contribution < -0.4 is 5.32 Å². The van der Waals surface area contributed by atoms with E-state index in [0.717, 1.165) is 17.7 Å². The monoisotopic (exact) mass is 313 g/mol. The summed E-state index contributed by atoms with van der Waals surface area (Å²) >= 11 is 1.61. The minimum atomic E-state index is -0.323. The van der Waals surface area contributed by atoms with Crippen molar-refractivity contribution in [2.45, 2.75) is 18.4 Å². The van der Waals surface area contributed by atoms with E-state index in [4.69, 9.17) is 4.74 Å². The molecule has 0 saturated carbocycles. The third-order valence-electron chi connectivity index (χ3n) is 4.10. The van der Waals surface area contributed by atoms with Gasteiger partial charge in [-0.3, -0.25) is 4.79 Å². The Morgan fingerprint density at radius 1 is 1.27 bits per heavy atom. The molecule has 1 aromatic heterocycles. The van der Waals surface area contributed by atoms with Crippen LogP contribution in [0.3, 0.4) is 0 Å². The van der Waals surface area contributed by atoms with Crippen LogP contribution in [-0.2, 0) is 22.4 Å². The van der Waals surface area contributed by atoms with Gasteiger partial charge in [0.2, 0.25) is 5.91 Å². The van der Waals surface area contributed by atoms with Crippen molar-refractivity contribution in [3.8, 4) is 0 Å². The number of hydrogen-bond acceptors (Lipinski definition) is 3. The summed E-state index contributed by atoms with van der Waals surface area (Å²) in [6.07, 6.45) is 5.10. The molecule has 22 heavy (non-hydrogen) atoms. The molecule has 0 spiro atoms. The van der Waals surface area contributed by atoms with E-state index in [1.165, 1.54) is 11.1 Å². The smallest absolute Gasteiger partial charge is 0.244 e. The van der Waals surface area contributed by atoms with E-state index >= 15 is 0 Å². The summed E-state index contributed by atoms with van der Waals surface area (Å²) in [5.74, 6) is -0.0826. The van der Waals surface area contributed by atoms with Gasteiger partial charge >= 0.3 is 0 Å². The predicted octanol–water partition coefficient (Wildman–Crippen LogP) is 3.06. The molecule has 3 rings (SSSR count). The predicted molar refractivity (Wildman–Crippen MR) is 90.0 cm³/mol. The van der Waals surface area contributed by atoms with Crippen molar-refractivity contribution in [3.05, 3.63) is 63.9 Å². The molecule has 1 aliphatic rings. The zero-order chi connectivity index (χ0) is 15.4. The van der Waals surface area contributed by atoms with Gasteiger partial charge in [-0.05, 0) is 28.6 Å². The zero-order valence-corrected chi connectivity index (χ0v) is 13.4. The van der Waals surface area contributed by atoms with Gasteiger partial charge in [-0.1, -0.05) is 30.3 Å². The highest BCUT2D eigenvalue weighted by Crippen LogP contribution is 2.32. The third-order valence-corrected chi connectivity index (χ3v) is 4.94. The average Bonchev–Trinajstić information content (AvgIpc) is 3.18. The Morgan fingerprint density at radius 3 is 2.59 bits per heavy atom. The van der Waals surface area contributed by atoms with Crippen molar-refractivity contribution in [3.63, 3.8) is 0 Å². The van der Waals surface area contributed by atoms with Crippen molar-refractivity contribution in [1.29, 1.82) is 0 Å². The molecule has 1 N–H and O–H groups in total. The zero-order valence-electron chi connectivity index (χ0n) is 12.5. The van der Waals surface area contributed by atoms with Gasteiger partial charge in [0, 0.05) is 37.4 Å². The number of rotatable bonds is 5. The lowest BCUT2D eigenvalue weighted by Gasteiger charge is -2.27. The maximum Gasteiger partial charge on any atom is 0.244 e. The van der Waals surface area contributed by atoms with Crippen LogP contribution in [0.25, 0.3) is 6.08 Å². The summed E-state index contributed by atoms with van der Waals surface area (Å²) in [6.45, 7) is 0.520. The molecule has 1 heterocycles. The second-order valence-electron chi connectivity index (χ2n) is 5.58. The molecule has 0 fully saturated rings. The Kier molecular flexibility index (Phi) is 4.41. The molecule has 2 aromatic rings. The highest BCUT2D eigenvalue weighted by molar-refractivity contribution is 7.10. The van der Waals surface area contributed by atoms with Crippen LogP contribution in [0.2, 0.25) is 0 Å². The van der Waals surface area contributed by atoms with E-state index in [-0.39, 0.29) is 11.5 Å². The molecule has 0 radical (unpaired) electrons. The van der Waals surface area contributed by atoms with Gasteiger partial charge in [0.05, 0.1) is 5.60 Å². The summed E-state index contributed by atoms with van der Waals surface area (Å²) in [5, 5.41) is 4.96. The summed E-state index contributed by atoms with van der Waals surface area (Å²) < 4.78 is 5.75. The quantitative estimate of drug-likeness (QED) is 0.862. The highest BCUT2D eigenvalue weighted by atomic mass is 32.1. The number of fused-ring (bicyclic) bond motifs is 1. The average molecular weight is 313 g/mol. The molecular formula is C18H19NO2S. The van der Waals surface area contributed by atoms with Crippen LogP contribution in [0, 0.1) is 0 Å². The first-order valence-corrected chi connectivity index (χ1v) is 8.20. The van der Waals surface area contributed by atoms with Crippen LogP contribution in [-0.4, -0.2) is 25.2 Å². The lowest BCUT2D eigenvalue weighted by molar-refractivity contribution is -0.118. The van der Waals surface area contributed by atoms with Crippen molar-refractivity contribution in [2.24, 2.45) is 0 Å². The first-order chi connectivity index (χ1) is 10.7. The third kappa shape index (κ3) is 3.29. The first kappa shape index (κ1) is 15.0. The molecule has 1 aromatic carbocycles. The number of hydrogen-bond donors (Lipinski definition) is 1. The van der Waals surface area contributed by atoms with Gasteiger partial charge in [-0.25, -0.2) is 0 Å². The van der Waals surface area contributed by atoms with Crippen LogP contribution >= 0.6 is 11.3 Å². The Bertz CT molecular complexity index is 651. The van der Waals surface area contributed by atoms with Crippen molar-refractivity contribution < 1.29 is 9.53 Å². The maximum atomic E-state index is 12.0. The Labute approximate surface area is 134 Å². The molecule has 1 aliphatic carbocycles. The number of carbonyl (C=O) groups excluding carboxylic acids is 1. The number of methoxy groups -OCH3 is 1. The van der Waals surface area contributed by atoms with Gasteiger partial charge in [0.15, 0.2) is 0 Å². The summed E-state index contributed by atoms with van der Waals surface area (Å²) in [4.78, 5) is 13.1. The van der Waals surface area contributed by atoms with Gasteiger partial charge in [0.25, 0.3) is 0 Å². The molecule has 1 amide bonds. The minimum Gasteiger partial charge on any atom is -0.376 e. The number of benzene rings is 1. The van der Waals surface area contributed by atoms with E-state index in [9.17, 15) is 4.79 Å². The first-order valence-electron chi connectivity index (χ1n) is 7.32. The number of carbonyl (C=O) groups is 1. The van der Waals surface area contributed by atoms with Gasteiger partial charge in [-0.2, -0.15) is 0 Å². The Balaban J connectivity index is 1.59. The SMILES string of the molecule is COC1(CNC(=O)/C=C/c2cccs2)Cc2ccccc2C1. The number of thiophene rings is 1. The lowest BCUT2D eigenvalue weighted by Crippen LogP contribution is -2.44. The maximum absolute atomic E-state index is 12.0. The Hall–Kier alpha value is -1.91. The molecule has 0 unspecified atom stereocenters. The van der Waals surface area contributed by atoms with Crippen LogP contribution in [0.15, 0.2) is 47.9 Å². The second-order valence-corrected chi connectivity index (χ2v) is 6.56. The minimum absolute atomic E-state index is 0.0826. The summed E-state index contributed by atoms with van der Waals surface area (Å²) in [5.41, 5.74) is 2.30. The molecule has 0 bridgehead atoms. The molecule has 0 aliphatic heterocycles. The Morgan fingerprint density at radius 2 is 2.00 bits per heavy atom. The summed E-state index contributed by atoms with van der Waals surface area (Å²) in [6, 6.07) is 12.3. The fourth-order valence-electron chi connectivity index (χ4n) is 2.85. The molecule has 0 atom stereocenters. The number of amides is 1. The topological polar surface area (TPSA) is 38.3 Å². The van der Waals surface area contributed by atoms with Gasteiger partial charge < -0.3 is 10.1 Å². The highest BCUT2D eigenvalue weighted by Gasteiger charge is 2.37. The molecule has 0 saturated heterocycles. The summed E-state index contributed by atoms with van der Waals surface area (Å²) in [7, 11) is 1.72. The van der Waals surface area contributed by atoms with Crippen molar-refractivity contribution in [2.75, 3.05) is 13.7 Å². The van der Waals surface area contributed by atoms with E-state index in [0.29, 0.717) is 6.54 Å². The lowest BCUT2D eigenvalue weighted by atomic mass is 10.00. The van der Waals surface area contributed by atoms with E-state index < -0.39 is 0 Å². The van der Waals surface area contributed by atoms with Gasteiger partial charge in [-0.15, -0.1) is 11.3 Å². The van der Waals surface area contributed by atoms with E-state index in [2.05, 4.69) is 17.4 Å². The number of ether oxygens (including phenoxy) is 1. The second kappa shape index (κ2) is 6.46. The van der Waals surface area contributed by atoms with Crippen molar-refractivity contribution in [1.82, 2.24) is 5.32 Å². The molecule has 4 heteroatoms. The molecular weight excluding hydrogens is 294 g/mol. The fourth-order valence-corrected chi connectivity index (χ4v) is 3.47. The van der Waals surface area contributed by atoms with Crippen molar-refractivity contribution >= 4 is 23.3 Å². The van der Waals surface area contributed by atoms with E-state index in [1.54, 1.807) is 24.5 Å². The standard InChI is InChI=1S/C18H19NO2S/c1-21-18(11-14-5-2-3-6-15(14)12-18)13-19-17(20)9-8-16-7-4-10-22-16/h2-10H,11-13H2,1H3,(H,19,20)/b9-8+. The van der Waals surface area contributed by atoms with Crippen LogP contribution in [0.1, 0.15) is 16.0 Å². The van der Waals surface area contributed by atoms with Gasteiger partial charge in [0.1, 0.15) is 0 Å². The van der Waals surface area contributed by atoms with E-state index in [1.807, 2.05) is 35.7 Å². The van der Waals surface area contributed by atoms with Crippen LogP contribution in [0.4, 0.5) is 0 Å². The largest absolute Gasteiger partial charge is 0.376 e. The number of nitrogens with one attached hydrogen (secondary N) is 1. The fraction of sp³-hybridized carbons (Fsp3) is 0.278. The normalized spacial score (nSPS) is 15.9. The van der Waals surface area contributed by atoms with Crippen LogP contribution in [0.5, 0.6) is 0 Å².